The van der Waals surface area contributed by atoms with E-state index in [0.29, 0.717) is 6.54 Å². The van der Waals surface area contributed by atoms with E-state index in [2.05, 4.69) is 10.6 Å². The van der Waals surface area contributed by atoms with Gasteiger partial charge in [0, 0.05) is 17.7 Å². The standard InChI is InChI=1S/C23H19N3O7S/c1-2-25-20-13(23(29)30)8-5-9-14(20)26-15-10-16(34(31,32)33)19(24)18-17(15)21(27)11-6-3-4-7-12(11)22(18)28/h3-10,25-26H,2,24H2,1H3,(H,29,30)(H,31,32,33). The lowest BCUT2D eigenvalue weighted by Gasteiger charge is -2.24. The highest BCUT2D eigenvalue weighted by Crippen LogP contribution is 2.41. The molecule has 11 heteroatoms. The number of carbonyl (C=O) groups is 3. The van der Waals surface area contributed by atoms with Crippen LogP contribution in [0.2, 0.25) is 0 Å². The SMILES string of the molecule is CCNc1c(Nc2cc(S(=O)(=O)O)c(N)c3c2C(=O)c2ccccc2C3=O)cccc1C(=O)O. The molecule has 0 heterocycles. The molecule has 0 atom stereocenters. The van der Waals surface area contributed by atoms with Gasteiger partial charge in [-0.3, -0.25) is 14.1 Å². The van der Waals surface area contributed by atoms with Crippen molar-refractivity contribution in [2.24, 2.45) is 0 Å². The van der Waals surface area contributed by atoms with Gasteiger partial charge in [-0.1, -0.05) is 30.3 Å². The van der Waals surface area contributed by atoms with Crippen LogP contribution in [0, 0.1) is 0 Å². The van der Waals surface area contributed by atoms with Crippen LogP contribution < -0.4 is 16.4 Å². The molecule has 0 spiro atoms. The van der Waals surface area contributed by atoms with Gasteiger partial charge in [0.2, 0.25) is 0 Å². The van der Waals surface area contributed by atoms with Gasteiger partial charge in [0.1, 0.15) is 4.90 Å². The van der Waals surface area contributed by atoms with Crippen LogP contribution in [0.3, 0.4) is 0 Å². The number of ketones is 2. The Morgan fingerprint density at radius 2 is 1.59 bits per heavy atom. The number of nitrogens with two attached hydrogens (primary N) is 1. The summed E-state index contributed by atoms with van der Waals surface area (Å²) in [6.45, 7) is 2.11. The first-order chi connectivity index (χ1) is 16.1. The molecule has 34 heavy (non-hydrogen) atoms. The van der Waals surface area contributed by atoms with Crippen LogP contribution in [0.15, 0.2) is 53.4 Å². The number of nitrogens with one attached hydrogen (secondary N) is 2. The second kappa shape index (κ2) is 8.28. The zero-order chi connectivity index (χ0) is 24.8. The third kappa shape index (κ3) is 3.66. The maximum absolute atomic E-state index is 13.4. The van der Waals surface area contributed by atoms with Gasteiger partial charge in [-0.15, -0.1) is 0 Å². The summed E-state index contributed by atoms with van der Waals surface area (Å²) in [5.41, 5.74) is 5.21. The van der Waals surface area contributed by atoms with Crippen molar-refractivity contribution in [3.8, 4) is 0 Å². The van der Waals surface area contributed by atoms with Gasteiger partial charge >= 0.3 is 5.97 Å². The Balaban J connectivity index is 2.02. The zero-order valence-electron chi connectivity index (χ0n) is 17.7. The van der Waals surface area contributed by atoms with Crippen LogP contribution in [-0.2, 0) is 10.1 Å². The van der Waals surface area contributed by atoms with E-state index in [1.165, 1.54) is 30.3 Å². The van der Waals surface area contributed by atoms with E-state index in [1.807, 2.05) is 0 Å². The molecule has 0 amide bonds. The molecule has 1 aliphatic rings. The summed E-state index contributed by atoms with van der Waals surface area (Å²) in [6, 6.07) is 11.3. The number of aromatic carboxylic acids is 1. The molecule has 6 N–H and O–H groups in total. The maximum Gasteiger partial charge on any atom is 0.337 e. The minimum absolute atomic E-state index is 0.0475. The van der Waals surface area contributed by atoms with Gasteiger partial charge in [0.15, 0.2) is 11.6 Å². The molecule has 3 aromatic carbocycles. The Labute approximate surface area is 194 Å². The Hall–Kier alpha value is -4.22. The topological polar surface area (TPSA) is 176 Å². The van der Waals surface area contributed by atoms with E-state index in [1.54, 1.807) is 19.1 Å². The Bertz CT molecular complexity index is 1500. The molecule has 3 aromatic rings. The van der Waals surface area contributed by atoms with Crippen LogP contribution in [0.4, 0.5) is 22.7 Å². The molecule has 0 radical (unpaired) electrons. The van der Waals surface area contributed by atoms with E-state index in [9.17, 15) is 32.5 Å². The summed E-state index contributed by atoms with van der Waals surface area (Å²) in [4.78, 5) is 37.6. The Kier molecular flexibility index (Phi) is 5.59. The molecule has 4 rings (SSSR count). The highest BCUT2D eigenvalue weighted by molar-refractivity contribution is 7.86. The van der Waals surface area contributed by atoms with Gasteiger partial charge in [-0.2, -0.15) is 8.42 Å². The first-order valence-corrected chi connectivity index (χ1v) is 11.5. The lowest BCUT2D eigenvalue weighted by atomic mass is 9.82. The predicted molar refractivity (Wildman–Crippen MR) is 125 cm³/mol. The number of carbonyl (C=O) groups excluding carboxylic acids is 2. The third-order valence-electron chi connectivity index (χ3n) is 5.40. The summed E-state index contributed by atoms with van der Waals surface area (Å²) in [7, 11) is -4.88. The average molecular weight is 481 g/mol. The zero-order valence-corrected chi connectivity index (χ0v) is 18.6. The van der Waals surface area contributed by atoms with Crippen molar-refractivity contribution in [2.75, 3.05) is 22.9 Å². The Morgan fingerprint density at radius 1 is 0.971 bits per heavy atom. The third-order valence-corrected chi connectivity index (χ3v) is 6.29. The van der Waals surface area contributed by atoms with E-state index in [4.69, 9.17) is 5.73 Å². The van der Waals surface area contributed by atoms with E-state index in [0.717, 1.165) is 6.07 Å². The molecule has 0 unspecified atom stereocenters. The summed E-state index contributed by atoms with van der Waals surface area (Å²) in [5.74, 6) is -2.47. The van der Waals surface area contributed by atoms with Crippen molar-refractivity contribution < 1.29 is 32.5 Å². The molecule has 0 saturated carbocycles. The van der Waals surface area contributed by atoms with E-state index >= 15 is 0 Å². The minimum Gasteiger partial charge on any atom is -0.478 e. The molecular formula is C23H19N3O7S. The number of hydrogen-bond donors (Lipinski definition) is 5. The first kappa shape index (κ1) is 23.0. The normalized spacial score (nSPS) is 12.6. The van der Waals surface area contributed by atoms with E-state index < -0.39 is 38.2 Å². The summed E-state index contributed by atoms with van der Waals surface area (Å²) in [6.07, 6.45) is 0. The van der Waals surface area contributed by atoms with Crippen LogP contribution in [0.25, 0.3) is 0 Å². The minimum atomic E-state index is -4.88. The predicted octanol–water partition coefficient (Wildman–Crippen LogP) is 3.16. The molecule has 0 aromatic heterocycles. The number of rotatable bonds is 6. The number of nitrogen functional groups attached to an aromatic ring is 1. The smallest absolute Gasteiger partial charge is 0.337 e. The van der Waals surface area contributed by atoms with Crippen molar-refractivity contribution in [1.29, 1.82) is 0 Å². The van der Waals surface area contributed by atoms with E-state index in [-0.39, 0.29) is 44.9 Å². The Morgan fingerprint density at radius 3 is 2.15 bits per heavy atom. The monoisotopic (exact) mass is 481 g/mol. The number of para-hydroxylation sites is 1. The quantitative estimate of drug-likeness (QED) is 0.203. The second-order valence-electron chi connectivity index (χ2n) is 7.45. The maximum atomic E-state index is 13.4. The van der Waals surface area contributed by atoms with Gasteiger partial charge in [-0.25, -0.2) is 4.79 Å². The average Bonchev–Trinajstić information content (AvgIpc) is 2.78. The lowest BCUT2D eigenvalue weighted by Crippen LogP contribution is -2.25. The van der Waals surface area contributed by atoms with Crippen LogP contribution in [0.5, 0.6) is 0 Å². The van der Waals surface area contributed by atoms with Gasteiger partial charge in [0.25, 0.3) is 10.1 Å². The summed E-state index contributed by atoms with van der Waals surface area (Å²) >= 11 is 0. The first-order valence-electron chi connectivity index (χ1n) is 10.1. The largest absolute Gasteiger partial charge is 0.478 e. The lowest BCUT2D eigenvalue weighted by molar-refractivity contribution is 0.0697. The van der Waals surface area contributed by atoms with Crippen molar-refractivity contribution in [3.05, 3.63) is 76.3 Å². The fraction of sp³-hybridized carbons (Fsp3) is 0.0870. The van der Waals surface area contributed by atoms with Gasteiger partial charge < -0.3 is 21.5 Å². The highest BCUT2D eigenvalue weighted by atomic mass is 32.2. The number of fused-ring (bicyclic) bond motifs is 2. The molecule has 10 nitrogen and oxygen atoms in total. The molecule has 0 aliphatic heterocycles. The van der Waals surface area contributed by atoms with Gasteiger partial charge in [0.05, 0.1) is 39.4 Å². The highest BCUT2D eigenvalue weighted by Gasteiger charge is 2.36. The fourth-order valence-electron chi connectivity index (χ4n) is 3.95. The molecule has 1 aliphatic carbocycles. The van der Waals surface area contributed by atoms with Crippen molar-refractivity contribution >= 4 is 50.4 Å². The number of carboxylic acid groups (broad SMARTS) is 1. The van der Waals surface area contributed by atoms with Crippen LogP contribution in [0.1, 0.15) is 49.1 Å². The molecule has 0 fully saturated rings. The molecular weight excluding hydrogens is 462 g/mol. The number of benzene rings is 3. The van der Waals surface area contributed by atoms with Crippen molar-refractivity contribution in [2.45, 2.75) is 11.8 Å². The number of hydrogen-bond acceptors (Lipinski definition) is 8. The number of carboxylic acids is 1. The van der Waals surface area contributed by atoms with Crippen LogP contribution >= 0.6 is 0 Å². The second-order valence-corrected chi connectivity index (χ2v) is 8.84. The summed E-state index contributed by atoms with van der Waals surface area (Å²) < 4.78 is 33.8. The fourth-order valence-corrected chi connectivity index (χ4v) is 4.60. The van der Waals surface area contributed by atoms with Gasteiger partial charge in [-0.05, 0) is 25.1 Å². The molecule has 174 valence electrons. The van der Waals surface area contributed by atoms with Crippen molar-refractivity contribution in [1.82, 2.24) is 0 Å². The number of anilines is 4. The van der Waals surface area contributed by atoms with Crippen molar-refractivity contribution in [3.63, 3.8) is 0 Å². The van der Waals surface area contributed by atoms with Crippen LogP contribution in [-0.4, -0.2) is 42.2 Å². The molecule has 0 saturated heterocycles. The molecule has 0 bridgehead atoms. The summed E-state index contributed by atoms with van der Waals surface area (Å²) in [5, 5.41) is 15.4.